The molecule has 3 aliphatic heterocycles. The second-order valence-electron chi connectivity index (χ2n) is 9.10. The van der Waals surface area contributed by atoms with Crippen molar-refractivity contribution in [3.05, 3.63) is 71.0 Å². The first kappa shape index (κ1) is 20.2. The fourth-order valence-corrected chi connectivity index (χ4v) is 6.32. The Hall–Kier alpha value is -2.73. The molecule has 162 valence electrons. The average Bonchev–Trinajstić information content (AvgIpc) is 3.42. The molecular formula is C25H29FN4O. The molecule has 0 spiro atoms. The van der Waals surface area contributed by atoms with Gasteiger partial charge < -0.3 is 10.6 Å². The summed E-state index contributed by atoms with van der Waals surface area (Å²) < 4.78 is 13.4. The van der Waals surface area contributed by atoms with Crippen molar-refractivity contribution in [3.63, 3.8) is 0 Å². The summed E-state index contributed by atoms with van der Waals surface area (Å²) in [6, 6.07) is 15.1. The van der Waals surface area contributed by atoms with Gasteiger partial charge in [0.1, 0.15) is 11.7 Å². The summed E-state index contributed by atoms with van der Waals surface area (Å²) in [5.41, 5.74) is 8.45. The van der Waals surface area contributed by atoms with Crippen LogP contribution in [0.4, 0.5) is 4.39 Å². The lowest BCUT2D eigenvalue weighted by Gasteiger charge is -2.33. The lowest BCUT2D eigenvalue weighted by atomic mass is 9.81. The number of nitrogens with one attached hydrogen (secondary N) is 1. The Bertz CT molecular complexity index is 990. The number of amidine groups is 1. The fraction of sp³-hybridized carbons (Fsp3) is 0.440. The van der Waals surface area contributed by atoms with Gasteiger partial charge >= 0.3 is 0 Å². The van der Waals surface area contributed by atoms with E-state index in [-0.39, 0.29) is 35.6 Å². The molecule has 3 fully saturated rings. The molecule has 3 saturated heterocycles. The number of hydrogen-bond donors (Lipinski definition) is 2. The van der Waals surface area contributed by atoms with Gasteiger partial charge in [-0.1, -0.05) is 43.3 Å². The second-order valence-corrected chi connectivity index (χ2v) is 9.10. The van der Waals surface area contributed by atoms with E-state index in [0.717, 1.165) is 30.5 Å². The minimum atomic E-state index is -0.254. The molecule has 0 unspecified atom stereocenters. The van der Waals surface area contributed by atoms with Crippen LogP contribution in [0.15, 0.2) is 48.5 Å². The first-order valence-corrected chi connectivity index (χ1v) is 11.2. The largest absolute Gasteiger partial charge is 0.384 e. The minimum Gasteiger partial charge on any atom is -0.384 e. The SMILES string of the molecule is CC[C@@H]1[C@@H]2[C@H](C(=O)N1Cc1ccc(F)cc1)[C@H](c1ccc(C(=N)N)cc1)N1CCC[C@@H]21. The summed E-state index contributed by atoms with van der Waals surface area (Å²) in [6.45, 7) is 3.73. The van der Waals surface area contributed by atoms with E-state index < -0.39 is 0 Å². The summed E-state index contributed by atoms with van der Waals surface area (Å²) in [7, 11) is 0. The molecule has 3 N–H and O–H groups in total. The van der Waals surface area contributed by atoms with Gasteiger partial charge in [-0.15, -0.1) is 0 Å². The molecule has 0 radical (unpaired) electrons. The summed E-state index contributed by atoms with van der Waals surface area (Å²) in [6.07, 6.45) is 3.23. The highest BCUT2D eigenvalue weighted by Crippen LogP contribution is 2.55. The van der Waals surface area contributed by atoms with Crippen molar-refractivity contribution in [2.45, 2.75) is 50.9 Å². The van der Waals surface area contributed by atoms with Crippen LogP contribution in [0, 0.1) is 23.1 Å². The van der Waals surface area contributed by atoms with E-state index in [2.05, 4.69) is 16.7 Å². The number of fused-ring (bicyclic) bond motifs is 3. The van der Waals surface area contributed by atoms with Gasteiger partial charge in [0.25, 0.3) is 0 Å². The van der Waals surface area contributed by atoms with Crippen molar-refractivity contribution in [2.75, 3.05) is 6.54 Å². The lowest BCUT2D eigenvalue weighted by molar-refractivity contribution is -0.134. The zero-order valence-corrected chi connectivity index (χ0v) is 17.8. The number of hydrogen-bond acceptors (Lipinski definition) is 3. The first-order valence-electron chi connectivity index (χ1n) is 11.2. The van der Waals surface area contributed by atoms with Crippen molar-refractivity contribution in [2.24, 2.45) is 17.6 Å². The molecule has 0 aromatic heterocycles. The topological polar surface area (TPSA) is 73.4 Å². The number of rotatable bonds is 5. The summed E-state index contributed by atoms with van der Waals surface area (Å²) in [4.78, 5) is 18.4. The number of benzene rings is 2. The Morgan fingerprint density at radius 2 is 1.87 bits per heavy atom. The number of likely N-dealkylation sites (tertiary alicyclic amines) is 1. The number of carbonyl (C=O) groups is 1. The number of halogens is 1. The Balaban J connectivity index is 1.49. The molecule has 5 rings (SSSR count). The predicted octanol–water partition coefficient (Wildman–Crippen LogP) is 3.68. The summed E-state index contributed by atoms with van der Waals surface area (Å²) >= 11 is 0. The van der Waals surface area contributed by atoms with E-state index in [9.17, 15) is 9.18 Å². The van der Waals surface area contributed by atoms with Crippen LogP contribution in [0.3, 0.4) is 0 Å². The van der Waals surface area contributed by atoms with Crippen molar-refractivity contribution in [1.82, 2.24) is 9.80 Å². The molecule has 2 aromatic rings. The highest BCUT2D eigenvalue weighted by Gasteiger charge is 2.61. The van der Waals surface area contributed by atoms with Gasteiger partial charge in [0.05, 0.1) is 5.92 Å². The van der Waals surface area contributed by atoms with Crippen molar-refractivity contribution in [3.8, 4) is 0 Å². The predicted molar refractivity (Wildman–Crippen MR) is 118 cm³/mol. The summed E-state index contributed by atoms with van der Waals surface area (Å²) in [5, 5.41) is 7.66. The molecular weight excluding hydrogens is 391 g/mol. The van der Waals surface area contributed by atoms with Gasteiger partial charge in [0, 0.05) is 36.2 Å². The van der Waals surface area contributed by atoms with E-state index in [4.69, 9.17) is 11.1 Å². The molecule has 31 heavy (non-hydrogen) atoms. The van der Waals surface area contributed by atoms with Crippen LogP contribution >= 0.6 is 0 Å². The van der Waals surface area contributed by atoms with E-state index in [1.807, 2.05) is 24.3 Å². The third-order valence-corrected chi connectivity index (χ3v) is 7.56. The maximum atomic E-state index is 13.8. The molecule has 0 aliphatic carbocycles. The van der Waals surface area contributed by atoms with Crippen LogP contribution in [0.1, 0.15) is 48.9 Å². The maximum Gasteiger partial charge on any atom is 0.228 e. The molecule has 5 atom stereocenters. The first-order chi connectivity index (χ1) is 15.0. The van der Waals surface area contributed by atoms with Gasteiger partial charge in [-0.2, -0.15) is 0 Å². The monoisotopic (exact) mass is 420 g/mol. The average molecular weight is 421 g/mol. The zero-order chi connectivity index (χ0) is 21.7. The molecule has 5 nitrogen and oxygen atoms in total. The normalized spacial score (nSPS) is 29.9. The number of nitrogen functional groups attached to an aromatic ring is 1. The van der Waals surface area contributed by atoms with Crippen LogP contribution < -0.4 is 5.73 Å². The number of nitrogens with zero attached hydrogens (tertiary/aromatic N) is 2. The molecule has 3 aliphatic rings. The van der Waals surface area contributed by atoms with Crippen LogP contribution in [0.2, 0.25) is 0 Å². The third-order valence-electron chi connectivity index (χ3n) is 7.56. The molecule has 6 heteroatoms. The van der Waals surface area contributed by atoms with Crippen LogP contribution in [-0.4, -0.2) is 40.2 Å². The Morgan fingerprint density at radius 3 is 2.52 bits per heavy atom. The standard InChI is InChI=1S/C25H29FN4O/c1-2-19-21-20-4-3-13-29(20)23(16-7-9-17(10-8-16)24(27)28)22(21)25(31)30(19)14-15-5-11-18(26)12-6-15/h5-12,19-23H,2-4,13-14H2,1H3,(H3,27,28)/t19-,20+,21+,22+,23+/m1/s1. The van der Waals surface area contributed by atoms with Gasteiger partial charge in [0.15, 0.2) is 0 Å². The Kier molecular flexibility index (Phi) is 5.05. The lowest BCUT2D eigenvalue weighted by Crippen LogP contribution is -2.41. The second kappa shape index (κ2) is 7.75. The van der Waals surface area contributed by atoms with E-state index in [1.165, 1.54) is 18.6 Å². The Labute approximate surface area is 182 Å². The maximum absolute atomic E-state index is 13.8. The number of carbonyl (C=O) groups excluding carboxylic acids is 1. The van der Waals surface area contributed by atoms with Crippen molar-refractivity contribution >= 4 is 11.7 Å². The molecule has 0 bridgehead atoms. The van der Waals surface area contributed by atoms with E-state index in [1.54, 1.807) is 12.1 Å². The van der Waals surface area contributed by atoms with Crippen LogP contribution in [0.25, 0.3) is 0 Å². The van der Waals surface area contributed by atoms with Gasteiger partial charge in [-0.3, -0.25) is 15.1 Å². The van der Waals surface area contributed by atoms with Crippen LogP contribution in [0.5, 0.6) is 0 Å². The highest BCUT2D eigenvalue weighted by molar-refractivity contribution is 5.95. The third kappa shape index (κ3) is 3.24. The quantitative estimate of drug-likeness (QED) is 0.572. The summed E-state index contributed by atoms with van der Waals surface area (Å²) in [5.74, 6) is 0.285. The molecule has 1 amide bonds. The van der Waals surface area contributed by atoms with Gasteiger partial charge in [-0.25, -0.2) is 4.39 Å². The number of amides is 1. The van der Waals surface area contributed by atoms with E-state index >= 15 is 0 Å². The van der Waals surface area contributed by atoms with Crippen molar-refractivity contribution < 1.29 is 9.18 Å². The smallest absolute Gasteiger partial charge is 0.228 e. The molecule has 0 saturated carbocycles. The minimum absolute atomic E-state index is 0.0566. The molecule has 3 heterocycles. The molecule has 2 aromatic carbocycles. The van der Waals surface area contributed by atoms with Gasteiger partial charge in [0.2, 0.25) is 5.91 Å². The van der Waals surface area contributed by atoms with Crippen LogP contribution in [-0.2, 0) is 11.3 Å². The highest BCUT2D eigenvalue weighted by atomic mass is 19.1. The van der Waals surface area contributed by atoms with Crippen molar-refractivity contribution in [1.29, 1.82) is 5.41 Å². The zero-order valence-electron chi connectivity index (χ0n) is 17.8. The fourth-order valence-electron chi connectivity index (χ4n) is 6.32. The van der Waals surface area contributed by atoms with E-state index in [0.29, 0.717) is 24.1 Å². The van der Waals surface area contributed by atoms with Gasteiger partial charge in [-0.05, 0) is 49.1 Å². The Morgan fingerprint density at radius 1 is 1.16 bits per heavy atom. The number of nitrogens with two attached hydrogens (primary N) is 1.